The Hall–Kier alpha value is -1.35. The maximum Gasteiger partial charge on any atom is 0.129 e. The van der Waals surface area contributed by atoms with E-state index in [1.165, 1.54) is 5.56 Å². The third kappa shape index (κ3) is 3.60. The van der Waals surface area contributed by atoms with Gasteiger partial charge in [-0.1, -0.05) is 32.4 Å². The van der Waals surface area contributed by atoms with Gasteiger partial charge < -0.3 is 10.2 Å². The van der Waals surface area contributed by atoms with Gasteiger partial charge in [-0.2, -0.15) is 0 Å². The van der Waals surface area contributed by atoms with Gasteiger partial charge in [0.15, 0.2) is 0 Å². The van der Waals surface area contributed by atoms with Crippen LogP contribution in [0, 0.1) is 12.3 Å². The number of hydrogen-bond donors (Lipinski definition) is 1. The summed E-state index contributed by atoms with van der Waals surface area (Å²) in [6.45, 7) is 11.9. The molecule has 0 aliphatic carbocycles. The monoisotopic (exact) mass is 273 g/mol. The smallest absolute Gasteiger partial charge is 0.129 e. The summed E-state index contributed by atoms with van der Waals surface area (Å²) in [4.78, 5) is 7.07. The molecule has 110 valence electrons. The van der Waals surface area contributed by atoms with Gasteiger partial charge in [0.05, 0.1) is 0 Å². The van der Waals surface area contributed by atoms with Gasteiger partial charge in [-0.15, -0.1) is 0 Å². The number of nitrogens with zero attached hydrogens (tertiary/aromatic N) is 2. The van der Waals surface area contributed by atoms with Crippen molar-refractivity contribution in [3.63, 3.8) is 0 Å². The minimum atomic E-state index is 0.295. The molecular formula is C17H27N3. The van der Waals surface area contributed by atoms with Crippen molar-refractivity contribution in [3.8, 4) is 0 Å². The first-order chi connectivity index (χ1) is 9.40. The Labute approximate surface area is 123 Å². The summed E-state index contributed by atoms with van der Waals surface area (Å²) >= 11 is 0. The predicted octanol–water partition coefficient (Wildman–Crippen LogP) is 3.29. The molecule has 1 aliphatic rings. The fourth-order valence-corrected chi connectivity index (χ4v) is 2.75. The van der Waals surface area contributed by atoms with Crippen LogP contribution in [0.2, 0.25) is 0 Å². The minimum Gasteiger partial charge on any atom is -0.353 e. The summed E-state index contributed by atoms with van der Waals surface area (Å²) < 4.78 is 0. The molecule has 0 atom stereocenters. The number of pyridine rings is 1. The standard InChI is InChI=1S/C17H27N3/c1-13-10-14(12-18-5)11-16(19-13)20-8-6-15(7-9-20)17(2,3)4/h6,10-11,18H,7-9,12H2,1-5H3. The summed E-state index contributed by atoms with van der Waals surface area (Å²) in [5.74, 6) is 1.11. The molecule has 0 saturated heterocycles. The van der Waals surface area contributed by atoms with Crippen molar-refractivity contribution < 1.29 is 0 Å². The van der Waals surface area contributed by atoms with Crippen molar-refractivity contribution in [2.45, 2.75) is 40.7 Å². The van der Waals surface area contributed by atoms with Crippen molar-refractivity contribution in [1.29, 1.82) is 0 Å². The number of hydrogen-bond acceptors (Lipinski definition) is 3. The van der Waals surface area contributed by atoms with Crippen LogP contribution in [0.25, 0.3) is 0 Å². The third-order valence-corrected chi connectivity index (χ3v) is 3.88. The van der Waals surface area contributed by atoms with Crippen LogP contribution in [-0.2, 0) is 6.54 Å². The molecule has 1 aliphatic heterocycles. The first kappa shape index (κ1) is 15.0. The van der Waals surface area contributed by atoms with E-state index in [-0.39, 0.29) is 0 Å². The van der Waals surface area contributed by atoms with Crippen LogP contribution in [-0.4, -0.2) is 25.1 Å². The van der Waals surface area contributed by atoms with Gasteiger partial charge in [0, 0.05) is 25.3 Å². The zero-order valence-corrected chi connectivity index (χ0v) is 13.5. The lowest BCUT2D eigenvalue weighted by molar-refractivity contribution is 0.472. The van der Waals surface area contributed by atoms with E-state index in [9.17, 15) is 0 Å². The number of rotatable bonds is 3. The third-order valence-electron chi connectivity index (χ3n) is 3.88. The highest BCUT2D eigenvalue weighted by molar-refractivity contribution is 5.45. The molecule has 3 heteroatoms. The molecule has 0 spiro atoms. The second kappa shape index (κ2) is 5.96. The van der Waals surface area contributed by atoms with E-state index in [0.717, 1.165) is 37.6 Å². The van der Waals surface area contributed by atoms with Crippen LogP contribution in [0.5, 0.6) is 0 Å². The van der Waals surface area contributed by atoms with E-state index in [1.54, 1.807) is 5.57 Å². The molecule has 0 saturated carbocycles. The van der Waals surface area contributed by atoms with Crippen molar-refractivity contribution >= 4 is 5.82 Å². The summed E-state index contributed by atoms with van der Waals surface area (Å²) in [5, 5.41) is 3.21. The van der Waals surface area contributed by atoms with E-state index < -0.39 is 0 Å². The molecule has 1 aromatic rings. The van der Waals surface area contributed by atoms with Crippen LogP contribution in [0.3, 0.4) is 0 Å². The highest BCUT2D eigenvalue weighted by Crippen LogP contribution is 2.31. The predicted molar refractivity (Wildman–Crippen MR) is 86.1 cm³/mol. The lowest BCUT2D eigenvalue weighted by atomic mass is 9.83. The molecule has 1 aromatic heterocycles. The van der Waals surface area contributed by atoms with E-state index in [1.807, 2.05) is 7.05 Å². The van der Waals surface area contributed by atoms with Crippen LogP contribution in [0.15, 0.2) is 23.8 Å². The SMILES string of the molecule is CNCc1cc(C)nc(N2CC=C(C(C)(C)C)CC2)c1. The highest BCUT2D eigenvalue weighted by atomic mass is 15.2. The average Bonchev–Trinajstić information content (AvgIpc) is 2.37. The van der Waals surface area contributed by atoms with Gasteiger partial charge in [-0.3, -0.25) is 0 Å². The maximum atomic E-state index is 4.70. The van der Waals surface area contributed by atoms with Gasteiger partial charge in [-0.25, -0.2) is 4.98 Å². The Bertz CT molecular complexity index is 497. The van der Waals surface area contributed by atoms with Gasteiger partial charge in [0.1, 0.15) is 5.82 Å². The first-order valence-corrected chi connectivity index (χ1v) is 7.47. The molecule has 1 N–H and O–H groups in total. The van der Waals surface area contributed by atoms with E-state index >= 15 is 0 Å². The van der Waals surface area contributed by atoms with E-state index in [0.29, 0.717) is 5.41 Å². The molecule has 0 fully saturated rings. The Morgan fingerprint density at radius 2 is 2.05 bits per heavy atom. The number of aryl methyl sites for hydroxylation is 1. The minimum absolute atomic E-state index is 0.295. The number of aromatic nitrogens is 1. The summed E-state index contributed by atoms with van der Waals surface area (Å²) in [6.07, 6.45) is 3.52. The van der Waals surface area contributed by atoms with Crippen LogP contribution in [0.1, 0.15) is 38.4 Å². The second-order valence-electron chi connectivity index (χ2n) is 6.68. The Balaban J connectivity index is 2.16. The quantitative estimate of drug-likeness (QED) is 0.857. The Kier molecular flexibility index (Phi) is 4.48. The van der Waals surface area contributed by atoms with E-state index in [2.05, 4.69) is 56.1 Å². The second-order valence-corrected chi connectivity index (χ2v) is 6.68. The fraction of sp³-hybridized carbons (Fsp3) is 0.588. The largest absolute Gasteiger partial charge is 0.353 e. The normalized spacial score (nSPS) is 16.2. The lowest BCUT2D eigenvalue weighted by Gasteiger charge is -2.33. The van der Waals surface area contributed by atoms with Crippen LogP contribution < -0.4 is 10.2 Å². The fourth-order valence-electron chi connectivity index (χ4n) is 2.75. The van der Waals surface area contributed by atoms with Crippen molar-refractivity contribution in [3.05, 3.63) is 35.0 Å². The molecule has 0 radical (unpaired) electrons. The molecule has 0 aromatic carbocycles. The van der Waals surface area contributed by atoms with Crippen molar-refractivity contribution in [2.75, 3.05) is 25.0 Å². The molecule has 2 rings (SSSR count). The van der Waals surface area contributed by atoms with Crippen molar-refractivity contribution in [1.82, 2.24) is 10.3 Å². The zero-order chi connectivity index (χ0) is 14.8. The molecule has 0 unspecified atom stereocenters. The van der Waals surface area contributed by atoms with Crippen LogP contribution in [0.4, 0.5) is 5.82 Å². The van der Waals surface area contributed by atoms with E-state index in [4.69, 9.17) is 4.98 Å². The van der Waals surface area contributed by atoms with Gasteiger partial charge in [-0.05, 0) is 43.5 Å². The Morgan fingerprint density at radius 3 is 2.60 bits per heavy atom. The lowest BCUT2D eigenvalue weighted by Crippen LogP contribution is -2.32. The molecule has 0 bridgehead atoms. The molecule has 0 amide bonds. The average molecular weight is 273 g/mol. The highest BCUT2D eigenvalue weighted by Gasteiger charge is 2.22. The number of anilines is 1. The zero-order valence-electron chi connectivity index (χ0n) is 13.5. The van der Waals surface area contributed by atoms with Crippen molar-refractivity contribution in [2.24, 2.45) is 5.41 Å². The first-order valence-electron chi connectivity index (χ1n) is 7.47. The van der Waals surface area contributed by atoms with Gasteiger partial charge in [0.2, 0.25) is 0 Å². The molecule has 20 heavy (non-hydrogen) atoms. The molecule has 2 heterocycles. The molecule has 3 nitrogen and oxygen atoms in total. The topological polar surface area (TPSA) is 28.2 Å². The molecular weight excluding hydrogens is 246 g/mol. The summed E-state index contributed by atoms with van der Waals surface area (Å²) in [6, 6.07) is 4.36. The van der Waals surface area contributed by atoms with Gasteiger partial charge in [0.25, 0.3) is 0 Å². The summed E-state index contributed by atoms with van der Waals surface area (Å²) in [7, 11) is 1.98. The van der Waals surface area contributed by atoms with Crippen LogP contribution >= 0.6 is 0 Å². The Morgan fingerprint density at radius 1 is 1.30 bits per heavy atom. The maximum absolute atomic E-state index is 4.70. The number of nitrogens with one attached hydrogen (secondary N) is 1. The summed E-state index contributed by atoms with van der Waals surface area (Å²) in [5.41, 5.74) is 4.26. The van der Waals surface area contributed by atoms with Gasteiger partial charge >= 0.3 is 0 Å².